The molecule has 0 amide bonds. The summed E-state index contributed by atoms with van der Waals surface area (Å²) >= 11 is 0. The number of benzene rings is 8. The first kappa shape index (κ1) is 52.0. The summed E-state index contributed by atoms with van der Waals surface area (Å²) in [5.41, 5.74) is 29.4. The fourth-order valence-electron chi connectivity index (χ4n) is 11.3. The maximum Gasteiger partial charge on any atom is 0.0725 e. The van der Waals surface area contributed by atoms with E-state index >= 15 is 0 Å². The van der Waals surface area contributed by atoms with Gasteiger partial charge in [-0.15, -0.1) is 0 Å². The number of hydrogen-bond acceptors (Lipinski definition) is 0. The molecule has 1 spiro atoms. The van der Waals surface area contributed by atoms with Crippen molar-refractivity contribution in [3.63, 3.8) is 0 Å². The third-order valence-electron chi connectivity index (χ3n) is 14.3. The number of fused-ring (bicyclic) bond motifs is 11. The van der Waals surface area contributed by atoms with Gasteiger partial charge in [-0.1, -0.05) is 258 Å². The van der Waals surface area contributed by atoms with Crippen LogP contribution in [0.3, 0.4) is 0 Å². The minimum Gasteiger partial charge on any atom is -0.0991 e. The highest BCUT2D eigenvalue weighted by Crippen LogP contribution is 2.63. The summed E-state index contributed by atoms with van der Waals surface area (Å²) < 4.78 is 0. The monoisotopic (exact) mass is 937 g/mol. The molecule has 72 heavy (non-hydrogen) atoms. The van der Waals surface area contributed by atoms with Crippen molar-refractivity contribution in [3.8, 4) is 33.4 Å². The van der Waals surface area contributed by atoms with Gasteiger partial charge in [0.1, 0.15) is 0 Å². The molecule has 0 aliphatic heterocycles. The highest BCUT2D eigenvalue weighted by atomic mass is 14.5. The fourth-order valence-corrected chi connectivity index (χ4v) is 11.3. The quantitative estimate of drug-likeness (QED) is 0.140. The van der Waals surface area contributed by atoms with Gasteiger partial charge in [-0.05, 0) is 166 Å². The topological polar surface area (TPSA) is 0 Å². The zero-order valence-electron chi connectivity index (χ0n) is 43.3. The molecule has 3 aliphatic carbocycles. The van der Waals surface area contributed by atoms with Crippen LogP contribution in [-0.4, -0.2) is 0 Å². The van der Waals surface area contributed by atoms with Gasteiger partial charge < -0.3 is 0 Å². The van der Waals surface area contributed by atoms with Crippen LogP contribution < -0.4 is 0 Å². The molecule has 0 heterocycles. The van der Waals surface area contributed by atoms with Crippen LogP contribution in [0, 0.1) is 34.6 Å². The lowest BCUT2D eigenvalue weighted by molar-refractivity contribution is 0.793. The van der Waals surface area contributed by atoms with Gasteiger partial charge in [0.15, 0.2) is 0 Å². The Morgan fingerprint density at radius 3 is 1.53 bits per heavy atom. The molecule has 0 N–H and O–H groups in total. The van der Waals surface area contributed by atoms with Gasteiger partial charge in [-0.2, -0.15) is 0 Å². The first-order valence-corrected chi connectivity index (χ1v) is 25.3. The van der Waals surface area contributed by atoms with Crippen molar-refractivity contribution in [3.05, 3.63) is 310 Å². The highest BCUT2D eigenvalue weighted by Gasteiger charge is 2.51. The smallest absolute Gasteiger partial charge is 0.0725 e. The van der Waals surface area contributed by atoms with Gasteiger partial charge in [0, 0.05) is 5.92 Å². The lowest BCUT2D eigenvalue weighted by atomic mass is 9.69. The SMILES string of the molecule is C.C=C/C(=C(C)\C=C/C)c1ccccc1C.C=C/C=C\C=C1\c2ccccc2C1c1cc(C)cc(C)c1.CC.Cc1ccccc1-c1cc2c(cc1C)C1(c3ccccc3-c3ccccc31)c1ccccc1-2. The fraction of sp³-hybridized carbons (Fsp3) is 0.167. The average Bonchev–Trinajstić information content (AvgIpc) is 3.84. The van der Waals surface area contributed by atoms with E-state index in [0.29, 0.717) is 5.92 Å². The summed E-state index contributed by atoms with van der Waals surface area (Å²) in [6, 6.07) is 64.6. The van der Waals surface area contributed by atoms with Gasteiger partial charge in [0.25, 0.3) is 0 Å². The van der Waals surface area contributed by atoms with E-state index in [1.54, 1.807) is 0 Å². The number of allylic oxidation sites excluding steroid dienone is 10. The van der Waals surface area contributed by atoms with Gasteiger partial charge in [0.2, 0.25) is 0 Å². The minimum absolute atomic E-state index is 0. The normalized spacial score (nSPS) is 14.6. The molecule has 0 heteroatoms. The molecular weight excluding hydrogens is 865 g/mol. The Bertz CT molecular complexity index is 3330. The Labute approximate surface area is 432 Å². The van der Waals surface area contributed by atoms with Crippen LogP contribution in [0.1, 0.15) is 113 Å². The summed E-state index contributed by atoms with van der Waals surface area (Å²) in [5.74, 6) is 0.397. The Kier molecular flexibility index (Phi) is 16.6. The zero-order chi connectivity index (χ0) is 50.2. The van der Waals surface area contributed by atoms with Crippen LogP contribution in [0.5, 0.6) is 0 Å². The summed E-state index contributed by atoms with van der Waals surface area (Å²) in [6.07, 6.45) is 14.2. The molecule has 3 aliphatic rings. The molecular formula is C72H72. The zero-order valence-corrected chi connectivity index (χ0v) is 43.3. The van der Waals surface area contributed by atoms with E-state index in [9.17, 15) is 0 Å². The van der Waals surface area contributed by atoms with Gasteiger partial charge >= 0.3 is 0 Å². The van der Waals surface area contributed by atoms with Crippen molar-refractivity contribution in [2.75, 3.05) is 0 Å². The number of aryl methyl sites for hydroxylation is 5. The highest BCUT2D eigenvalue weighted by molar-refractivity contribution is 5.96. The maximum atomic E-state index is 3.89. The third kappa shape index (κ3) is 9.55. The van der Waals surface area contributed by atoms with Crippen molar-refractivity contribution in [2.24, 2.45) is 0 Å². The van der Waals surface area contributed by atoms with Gasteiger partial charge in [0.05, 0.1) is 5.41 Å². The molecule has 1 atom stereocenters. The van der Waals surface area contributed by atoms with E-state index in [-0.39, 0.29) is 12.8 Å². The Morgan fingerprint density at radius 1 is 0.486 bits per heavy atom. The molecule has 0 fully saturated rings. The molecule has 0 saturated heterocycles. The van der Waals surface area contributed by atoms with Crippen molar-refractivity contribution >= 4 is 11.1 Å². The predicted octanol–water partition coefficient (Wildman–Crippen LogP) is 20.1. The number of hydrogen-bond donors (Lipinski definition) is 0. The summed E-state index contributed by atoms with van der Waals surface area (Å²) in [7, 11) is 0. The number of rotatable bonds is 7. The van der Waals surface area contributed by atoms with Crippen molar-refractivity contribution in [2.45, 2.75) is 81.1 Å². The average molecular weight is 937 g/mol. The van der Waals surface area contributed by atoms with Crippen LogP contribution >= 0.6 is 0 Å². The van der Waals surface area contributed by atoms with Crippen LogP contribution in [0.4, 0.5) is 0 Å². The second-order valence-corrected chi connectivity index (χ2v) is 18.7. The Hall–Kier alpha value is -7.80. The molecule has 1 unspecified atom stereocenters. The molecule has 0 nitrogen and oxygen atoms in total. The van der Waals surface area contributed by atoms with Crippen LogP contribution in [0.15, 0.2) is 237 Å². The Balaban J connectivity index is 0.000000169. The molecule has 360 valence electrons. The summed E-state index contributed by atoms with van der Waals surface area (Å²) in [5, 5.41) is 0. The lowest BCUT2D eigenvalue weighted by Crippen LogP contribution is -2.25. The molecule has 8 aromatic rings. The van der Waals surface area contributed by atoms with Gasteiger partial charge in [-0.3, -0.25) is 0 Å². The van der Waals surface area contributed by atoms with E-state index in [1.165, 1.54) is 122 Å². The largest absolute Gasteiger partial charge is 0.0991 e. The maximum absolute atomic E-state index is 3.89. The van der Waals surface area contributed by atoms with Gasteiger partial charge in [-0.25, -0.2) is 0 Å². The lowest BCUT2D eigenvalue weighted by Gasteiger charge is -2.34. The Morgan fingerprint density at radius 2 is 0.986 bits per heavy atom. The first-order chi connectivity index (χ1) is 34.6. The van der Waals surface area contributed by atoms with E-state index in [2.05, 4.69) is 255 Å². The van der Waals surface area contributed by atoms with E-state index in [0.717, 1.165) is 0 Å². The minimum atomic E-state index is -0.256. The molecule has 0 saturated carbocycles. The van der Waals surface area contributed by atoms with E-state index in [1.807, 2.05) is 39.0 Å². The van der Waals surface area contributed by atoms with Crippen LogP contribution in [-0.2, 0) is 5.41 Å². The molecule has 8 aromatic carbocycles. The standard InChI is InChI=1S/C33H24.C21H20.C15H18.C2H6.CH4/c1-21-11-3-4-12-23(21)27-20-28-26-15-7-10-18-31(26)33(32(28)19-22(27)2)29-16-8-5-13-24(29)25-14-6-9-17-30(25)33;1-4-5-6-10-19-18-9-7-8-11-20(18)21(19)17-13-15(2)12-16(3)14-17;1-5-9-12(3)14(6-2)15-11-8-7-10-13(15)4;1-2;/h3-20H,1-2H3;4-14,21H,1H2,2-3H3;5-11H,2H2,1,3-4H3;1-2H3;1H4/b;6-5-,19-10-;9-5-,14-12+;;. The van der Waals surface area contributed by atoms with E-state index < -0.39 is 0 Å². The third-order valence-corrected chi connectivity index (χ3v) is 14.3. The second kappa shape index (κ2) is 23.0. The van der Waals surface area contributed by atoms with Crippen molar-refractivity contribution in [1.29, 1.82) is 0 Å². The van der Waals surface area contributed by atoms with Crippen LogP contribution in [0.25, 0.3) is 44.5 Å². The van der Waals surface area contributed by atoms with Crippen molar-refractivity contribution < 1.29 is 0 Å². The molecule has 0 radical (unpaired) electrons. The molecule has 11 rings (SSSR count). The van der Waals surface area contributed by atoms with Crippen LogP contribution in [0.2, 0.25) is 0 Å². The molecule has 0 aromatic heterocycles. The molecule has 0 bridgehead atoms. The summed E-state index contributed by atoms with van der Waals surface area (Å²) in [6.45, 7) is 26.7. The summed E-state index contributed by atoms with van der Waals surface area (Å²) in [4.78, 5) is 0. The first-order valence-electron chi connectivity index (χ1n) is 25.3. The van der Waals surface area contributed by atoms with Crippen molar-refractivity contribution in [1.82, 2.24) is 0 Å². The second-order valence-electron chi connectivity index (χ2n) is 18.7. The predicted molar refractivity (Wildman–Crippen MR) is 316 cm³/mol. The van der Waals surface area contributed by atoms with E-state index in [4.69, 9.17) is 0 Å².